The van der Waals surface area contributed by atoms with Crippen LogP contribution in [0.4, 0.5) is 5.69 Å². The Balaban J connectivity index is 1.42. The van der Waals surface area contributed by atoms with Gasteiger partial charge in [0.15, 0.2) is 0 Å². The first-order valence-electron chi connectivity index (χ1n) is 9.26. The molecule has 3 rings (SSSR count). The zero-order chi connectivity index (χ0) is 17.6. The summed E-state index contributed by atoms with van der Waals surface area (Å²) in [6.45, 7) is 8.69. The summed E-state index contributed by atoms with van der Waals surface area (Å²) in [4.78, 5) is 19.3. The number of carbonyl (C=O) groups excluding carboxylic acids is 1. The van der Waals surface area contributed by atoms with Gasteiger partial charge in [-0.2, -0.15) is 0 Å². The second-order valence-electron chi connectivity index (χ2n) is 7.03. The minimum absolute atomic E-state index is 0.167. The molecule has 2 atom stereocenters. The van der Waals surface area contributed by atoms with Gasteiger partial charge in [0, 0.05) is 51.5 Å². The number of morpholine rings is 1. The molecule has 0 radical (unpaired) electrons. The van der Waals surface area contributed by atoms with E-state index < -0.39 is 0 Å². The molecule has 1 aromatic carbocycles. The highest BCUT2D eigenvalue weighted by Crippen LogP contribution is 2.16. The molecule has 2 unspecified atom stereocenters. The summed E-state index contributed by atoms with van der Waals surface area (Å²) < 4.78 is 5.75. The van der Waals surface area contributed by atoms with Gasteiger partial charge in [-0.15, -0.1) is 0 Å². The number of nitrogens with one attached hydrogen (secondary N) is 1. The number of rotatable bonds is 5. The van der Waals surface area contributed by atoms with E-state index in [1.165, 1.54) is 5.69 Å². The highest BCUT2D eigenvalue weighted by atomic mass is 16.5. The van der Waals surface area contributed by atoms with E-state index in [-0.39, 0.29) is 18.1 Å². The lowest BCUT2D eigenvalue weighted by Crippen LogP contribution is -2.55. The van der Waals surface area contributed by atoms with Crippen LogP contribution >= 0.6 is 0 Å². The predicted molar refractivity (Wildman–Crippen MR) is 99.9 cm³/mol. The molecule has 2 aliphatic rings. The van der Waals surface area contributed by atoms with Crippen LogP contribution in [0.15, 0.2) is 30.3 Å². The zero-order valence-electron chi connectivity index (χ0n) is 15.4. The van der Waals surface area contributed by atoms with Crippen molar-refractivity contribution in [3.8, 4) is 0 Å². The molecule has 2 heterocycles. The minimum Gasteiger partial charge on any atom is -0.374 e. The number of likely N-dealkylation sites (N-methyl/N-ethyl adjacent to an activating group) is 1. The number of benzene rings is 1. The molecular weight excluding hydrogens is 316 g/mol. The van der Waals surface area contributed by atoms with Gasteiger partial charge in [-0.3, -0.25) is 4.79 Å². The molecule has 6 nitrogen and oxygen atoms in total. The number of nitrogens with zero attached hydrogens (tertiary/aromatic N) is 3. The van der Waals surface area contributed by atoms with Gasteiger partial charge in [0.1, 0.15) is 0 Å². The molecule has 0 aromatic heterocycles. The molecule has 0 bridgehead atoms. The zero-order valence-corrected chi connectivity index (χ0v) is 15.4. The van der Waals surface area contributed by atoms with Crippen LogP contribution in [0.5, 0.6) is 0 Å². The fraction of sp³-hybridized carbons (Fsp3) is 0.632. The number of amides is 1. The van der Waals surface area contributed by atoms with Gasteiger partial charge in [-0.25, -0.2) is 0 Å². The van der Waals surface area contributed by atoms with Gasteiger partial charge in [0.2, 0.25) is 5.91 Å². The molecule has 25 heavy (non-hydrogen) atoms. The second kappa shape index (κ2) is 8.65. The molecule has 6 heteroatoms. The lowest BCUT2D eigenvalue weighted by molar-refractivity contribution is -0.133. The molecule has 0 spiro atoms. The summed E-state index contributed by atoms with van der Waals surface area (Å²) in [5.41, 5.74) is 1.24. The Labute approximate surface area is 150 Å². The SMILES string of the molecule is CC(NCC1CN(C)CCO1)C(=O)N1CCN(c2ccccc2)CC1. The van der Waals surface area contributed by atoms with Gasteiger partial charge in [0.05, 0.1) is 18.8 Å². The third-order valence-electron chi connectivity index (χ3n) is 5.08. The number of anilines is 1. The summed E-state index contributed by atoms with van der Waals surface area (Å²) in [5.74, 6) is 0.192. The highest BCUT2D eigenvalue weighted by molar-refractivity contribution is 5.81. The van der Waals surface area contributed by atoms with E-state index in [4.69, 9.17) is 4.74 Å². The van der Waals surface area contributed by atoms with E-state index in [0.717, 1.165) is 52.4 Å². The third-order valence-corrected chi connectivity index (χ3v) is 5.08. The predicted octanol–water partition coefficient (Wildman–Crippen LogP) is 0.644. The molecule has 138 valence electrons. The van der Waals surface area contributed by atoms with E-state index in [1.807, 2.05) is 17.9 Å². The van der Waals surface area contributed by atoms with Crippen molar-refractivity contribution in [2.75, 3.05) is 64.4 Å². The fourth-order valence-electron chi connectivity index (χ4n) is 3.48. The maximum Gasteiger partial charge on any atom is 0.239 e. The maximum atomic E-state index is 12.7. The van der Waals surface area contributed by atoms with E-state index in [0.29, 0.717) is 0 Å². The van der Waals surface area contributed by atoms with Crippen LogP contribution in [0.1, 0.15) is 6.92 Å². The normalized spacial score (nSPS) is 23.5. The van der Waals surface area contributed by atoms with Crippen molar-refractivity contribution < 1.29 is 9.53 Å². The Morgan fingerprint density at radius 3 is 2.60 bits per heavy atom. The number of carbonyl (C=O) groups is 1. The van der Waals surface area contributed by atoms with Crippen LogP contribution in [0.3, 0.4) is 0 Å². The number of para-hydroxylation sites is 1. The van der Waals surface area contributed by atoms with Crippen molar-refractivity contribution >= 4 is 11.6 Å². The van der Waals surface area contributed by atoms with Gasteiger partial charge in [-0.05, 0) is 26.1 Å². The molecule has 2 saturated heterocycles. The average Bonchev–Trinajstić information content (AvgIpc) is 2.66. The van der Waals surface area contributed by atoms with Gasteiger partial charge < -0.3 is 24.8 Å². The Morgan fingerprint density at radius 2 is 1.92 bits per heavy atom. The standard InChI is InChI=1S/C19H30N4O2/c1-16(20-14-18-15-21(2)12-13-25-18)19(24)23-10-8-22(9-11-23)17-6-4-3-5-7-17/h3-7,16,18,20H,8-15H2,1-2H3. The smallest absolute Gasteiger partial charge is 0.239 e. The average molecular weight is 346 g/mol. The maximum absolute atomic E-state index is 12.7. The number of hydrogen-bond acceptors (Lipinski definition) is 5. The Morgan fingerprint density at radius 1 is 1.20 bits per heavy atom. The number of piperazine rings is 1. The monoisotopic (exact) mass is 346 g/mol. The molecule has 1 N–H and O–H groups in total. The van der Waals surface area contributed by atoms with E-state index in [2.05, 4.69) is 46.4 Å². The van der Waals surface area contributed by atoms with Gasteiger partial charge in [0.25, 0.3) is 0 Å². The molecule has 1 amide bonds. The summed E-state index contributed by atoms with van der Waals surface area (Å²) in [5, 5.41) is 3.36. The topological polar surface area (TPSA) is 48.1 Å². The Hall–Kier alpha value is -1.63. The van der Waals surface area contributed by atoms with Crippen LogP contribution in [-0.2, 0) is 9.53 Å². The van der Waals surface area contributed by atoms with Crippen molar-refractivity contribution in [2.45, 2.75) is 19.1 Å². The van der Waals surface area contributed by atoms with E-state index in [1.54, 1.807) is 0 Å². The van der Waals surface area contributed by atoms with Crippen molar-refractivity contribution in [3.05, 3.63) is 30.3 Å². The van der Waals surface area contributed by atoms with Crippen molar-refractivity contribution in [2.24, 2.45) is 0 Å². The van der Waals surface area contributed by atoms with Gasteiger partial charge >= 0.3 is 0 Å². The Bertz CT molecular complexity index is 546. The van der Waals surface area contributed by atoms with Crippen LogP contribution in [0.2, 0.25) is 0 Å². The summed E-state index contributed by atoms with van der Waals surface area (Å²) in [6.07, 6.45) is 0.170. The van der Waals surface area contributed by atoms with Crippen molar-refractivity contribution in [1.29, 1.82) is 0 Å². The third kappa shape index (κ3) is 4.93. The van der Waals surface area contributed by atoms with Crippen LogP contribution in [-0.4, -0.2) is 87.3 Å². The molecule has 2 aliphatic heterocycles. The first kappa shape index (κ1) is 18.2. The molecular formula is C19H30N4O2. The Kier molecular flexibility index (Phi) is 6.29. The van der Waals surface area contributed by atoms with Gasteiger partial charge in [-0.1, -0.05) is 18.2 Å². The molecule has 0 aliphatic carbocycles. The number of hydrogen-bond donors (Lipinski definition) is 1. The number of ether oxygens (including phenoxy) is 1. The highest BCUT2D eigenvalue weighted by Gasteiger charge is 2.26. The first-order valence-corrected chi connectivity index (χ1v) is 9.26. The van der Waals surface area contributed by atoms with Crippen molar-refractivity contribution in [3.63, 3.8) is 0 Å². The van der Waals surface area contributed by atoms with Crippen LogP contribution < -0.4 is 10.2 Å². The molecule has 1 aromatic rings. The van der Waals surface area contributed by atoms with Crippen molar-refractivity contribution in [1.82, 2.24) is 15.1 Å². The largest absolute Gasteiger partial charge is 0.374 e. The molecule has 0 saturated carbocycles. The van der Waals surface area contributed by atoms with E-state index >= 15 is 0 Å². The first-order chi connectivity index (χ1) is 12.1. The quantitative estimate of drug-likeness (QED) is 0.848. The van der Waals surface area contributed by atoms with Crippen LogP contribution in [0.25, 0.3) is 0 Å². The lowest BCUT2D eigenvalue weighted by Gasteiger charge is -2.37. The summed E-state index contributed by atoms with van der Waals surface area (Å²) >= 11 is 0. The molecule has 2 fully saturated rings. The van der Waals surface area contributed by atoms with E-state index in [9.17, 15) is 4.79 Å². The lowest BCUT2D eigenvalue weighted by atomic mass is 10.2. The second-order valence-corrected chi connectivity index (χ2v) is 7.03. The van der Waals surface area contributed by atoms with Crippen LogP contribution in [0, 0.1) is 0 Å². The summed E-state index contributed by atoms with van der Waals surface area (Å²) in [7, 11) is 2.11. The fourth-order valence-corrected chi connectivity index (χ4v) is 3.48. The minimum atomic E-state index is -0.167. The summed E-state index contributed by atoms with van der Waals surface area (Å²) in [6, 6.07) is 10.2.